The summed E-state index contributed by atoms with van der Waals surface area (Å²) in [6, 6.07) is 10.8. The van der Waals surface area contributed by atoms with Crippen molar-refractivity contribution in [3.63, 3.8) is 0 Å². The van der Waals surface area contributed by atoms with E-state index >= 15 is 0 Å². The zero-order valence-corrected chi connectivity index (χ0v) is 13.1. The highest BCUT2D eigenvalue weighted by Gasteiger charge is 2.08. The lowest BCUT2D eigenvalue weighted by atomic mass is 10.2. The molecule has 2 rings (SSSR count). The van der Waals surface area contributed by atoms with Crippen molar-refractivity contribution in [1.29, 1.82) is 0 Å². The molecule has 0 aliphatic rings. The Morgan fingerprint density at radius 2 is 1.96 bits per heavy atom. The van der Waals surface area contributed by atoms with E-state index in [1.54, 1.807) is 30.3 Å². The van der Waals surface area contributed by atoms with Crippen molar-refractivity contribution in [1.82, 2.24) is 5.43 Å². The summed E-state index contributed by atoms with van der Waals surface area (Å²) in [5, 5.41) is 13.2. The number of nitrogens with one attached hydrogen (secondary N) is 1. The van der Waals surface area contributed by atoms with E-state index in [1.165, 1.54) is 32.4 Å². The number of phenols is 1. The minimum atomic E-state index is -0.453. The average molecular weight is 328 g/mol. The molecule has 7 nitrogen and oxygen atoms in total. The first-order chi connectivity index (χ1) is 11.5. The molecule has 0 spiro atoms. The van der Waals surface area contributed by atoms with Crippen LogP contribution in [-0.4, -0.2) is 30.3 Å². The standard InChI is InChI=1S/C17H16N2O5/c1-11(20)24-15-7-6-12(8-16(15)23-2)10-18-19-17(22)13-4-3-5-14(21)9-13/h3-10,21H,1-2H3,(H,19,22)/b18-10-. The highest BCUT2D eigenvalue weighted by atomic mass is 16.6. The van der Waals surface area contributed by atoms with Crippen LogP contribution in [0.2, 0.25) is 0 Å². The molecule has 0 heterocycles. The minimum absolute atomic E-state index is 0.00238. The molecule has 0 radical (unpaired) electrons. The molecule has 1 amide bonds. The monoisotopic (exact) mass is 328 g/mol. The summed E-state index contributed by atoms with van der Waals surface area (Å²) in [4.78, 5) is 22.9. The number of hydrazone groups is 1. The van der Waals surface area contributed by atoms with Gasteiger partial charge in [0.15, 0.2) is 11.5 Å². The third-order valence-electron chi connectivity index (χ3n) is 2.93. The van der Waals surface area contributed by atoms with Crippen molar-refractivity contribution in [3.8, 4) is 17.2 Å². The summed E-state index contributed by atoms with van der Waals surface area (Å²) in [6.45, 7) is 1.30. The second-order valence-electron chi connectivity index (χ2n) is 4.75. The van der Waals surface area contributed by atoms with Gasteiger partial charge in [-0.05, 0) is 42.0 Å². The fourth-order valence-electron chi connectivity index (χ4n) is 1.88. The first-order valence-electron chi connectivity index (χ1n) is 6.98. The second-order valence-corrected chi connectivity index (χ2v) is 4.75. The van der Waals surface area contributed by atoms with E-state index in [-0.39, 0.29) is 11.3 Å². The molecular formula is C17H16N2O5. The molecule has 2 aromatic carbocycles. The Morgan fingerprint density at radius 3 is 2.62 bits per heavy atom. The van der Waals surface area contributed by atoms with Crippen LogP contribution in [0.5, 0.6) is 17.2 Å². The van der Waals surface area contributed by atoms with E-state index in [1.807, 2.05) is 0 Å². The fourth-order valence-corrected chi connectivity index (χ4v) is 1.88. The van der Waals surface area contributed by atoms with Crippen LogP contribution in [0.1, 0.15) is 22.8 Å². The Bertz CT molecular complexity index is 786. The summed E-state index contributed by atoms with van der Waals surface area (Å²) in [7, 11) is 1.45. The molecule has 0 saturated carbocycles. The van der Waals surface area contributed by atoms with Crippen LogP contribution in [0.25, 0.3) is 0 Å². The lowest BCUT2D eigenvalue weighted by Crippen LogP contribution is -2.17. The van der Waals surface area contributed by atoms with Gasteiger partial charge in [0.2, 0.25) is 0 Å². The Kier molecular flexibility index (Phi) is 5.51. The maximum Gasteiger partial charge on any atom is 0.308 e. The highest BCUT2D eigenvalue weighted by molar-refractivity contribution is 5.95. The molecule has 7 heteroatoms. The van der Waals surface area contributed by atoms with Gasteiger partial charge in [-0.25, -0.2) is 5.43 Å². The third kappa shape index (κ3) is 4.57. The molecule has 0 aliphatic carbocycles. The molecule has 0 aliphatic heterocycles. The van der Waals surface area contributed by atoms with E-state index in [4.69, 9.17) is 9.47 Å². The number of methoxy groups -OCH3 is 1. The van der Waals surface area contributed by atoms with Gasteiger partial charge >= 0.3 is 5.97 Å². The summed E-state index contributed by atoms with van der Waals surface area (Å²) >= 11 is 0. The molecule has 24 heavy (non-hydrogen) atoms. The van der Waals surface area contributed by atoms with Crippen molar-refractivity contribution < 1.29 is 24.2 Å². The molecular weight excluding hydrogens is 312 g/mol. The van der Waals surface area contributed by atoms with Crippen LogP contribution in [0.15, 0.2) is 47.6 Å². The molecule has 0 aromatic heterocycles. The molecule has 0 bridgehead atoms. The van der Waals surface area contributed by atoms with E-state index in [0.717, 1.165) is 0 Å². The molecule has 0 atom stereocenters. The first kappa shape index (κ1) is 17.0. The Labute approximate surface area is 138 Å². The minimum Gasteiger partial charge on any atom is -0.508 e. The first-order valence-corrected chi connectivity index (χ1v) is 6.98. The number of benzene rings is 2. The van der Waals surface area contributed by atoms with Crippen LogP contribution in [0, 0.1) is 0 Å². The quantitative estimate of drug-likeness (QED) is 0.379. The normalized spacial score (nSPS) is 10.4. The van der Waals surface area contributed by atoms with Crippen molar-refractivity contribution in [2.45, 2.75) is 6.92 Å². The molecule has 2 aromatic rings. The average Bonchev–Trinajstić information content (AvgIpc) is 2.55. The number of aromatic hydroxyl groups is 1. The van der Waals surface area contributed by atoms with Crippen molar-refractivity contribution in [3.05, 3.63) is 53.6 Å². The van der Waals surface area contributed by atoms with Crippen LogP contribution >= 0.6 is 0 Å². The van der Waals surface area contributed by atoms with Crippen LogP contribution < -0.4 is 14.9 Å². The second kappa shape index (κ2) is 7.77. The largest absolute Gasteiger partial charge is 0.508 e. The zero-order valence-electron chi connectivity index (χ0n) is 13.1. The molecule has 124 valence electrons. The predicted octanol–water partition coefficient (Wildman–Crippen LogP) is 2.09. The topological polar surface area (TPSA) is 97.2 Å². The molecule has 0 fully saturated rings. The number of carbonyl (C=O) groups excluding carboxylic acids is 2. The van der Waals surface area contributed by atoms with Gasteiger partial charge in [-0.2, -0.15) is 5.10 Å². The van der Waals surface area contributed by atoms with Crippen molar-refractivity contribution in [2.24, 2.45) is 5.10 Å². The van der Waals surface area contributed by atoms with E-state index in [9.17, 15) is 14.7 Å². The summed E-state index contributed by atoms with van der Waals surface area (Å²) in [6.07, 6.45) is 1.42. The summed E-state index contributed by atoms with van der Waals surface area (Å²) < 4.78 is 10.1. The van der Waals surface area contributed by atoms with Crippen molar-refractivity contribution in [2.75, 3.05) is 7.11 Å². The number of nitrogens with zero attached hydrogens (tertiary/aromatic N) is 1. The van der Waals surface area contributed by atoms with E-state index < -0.39 is 11.9 Å². The molecule has 2 N–H and O–H groups in total. The molecule has 0 unspecified atom stereocenters. The third-order valence-corrected chi connectivity index (χ3v) is 2.93. The summed E-state index contributed by atoms with van der Waals surface area (Å²) in [5.74, 6) is -0.240. The smallest absolute Gasteiger partial charge is 0.308 e. The Balaban J connectivity index is 2.06. The van der Waals surface area contributed by atoms with Gasteiger partial charge in [0.25, 0.3) is 5.91 Å². The van der Waals surface area contributed by atoms with Crippen molar-refractivity contribution >= 4 is 18.1 Å². The maximum atomic E-state index is 11.9. The summed E-state index contributed by atoms with van der Waals surface area (Å²) in [5.41, 5.74) is 3.28. The van der Waals surface area contributed by atoms with Crippen LogP contribution in [0.3, 0.4) is 0 Å². The van der Waals surface area contributed by atoms with Gasteiger partial charge in [0.1, 0.15) is 5.75 Å². The van der Waals surface area contributed by atoms with E-state index in [2.05, 4.69) is 10.5 Å². The zero-order chi connectivity index (χ0) is 17.5. The van der Waals surface area contributed by atoms with Gasteiger partial charge in [0, 0.05) is 12.5 Å². The van der Waals surface area contributed by atoms with Gasteiger partial charge in [-0.1, -0.05) is 6.07 Å². The number of ether oxygens (including phenoxy) is 2. The number of phenolic OH excluding ortho intramolecular Hbond substituents is 1. The van der Waals surface area contributed by atoms with Gasteiger partial charge in [-0.15, -0.1) is 0 Å². The van der Waals surface area contributed by atoms with Gasteiger partial charge < -0.3 is 14.6 Å². The van der Waals surface area contributed by atoms with Gasteiger partial charge in [0.05, 0.1) is 13.3 Å². The Hall–Kier alpha value is -3.35. The SMILES string of the molecule is COc1cc(/C=N\NC(=O)c2cccc(O)c2)ccc1OC(C)=O. The molecule has 0 saturated heterocycles. The number of amides is 1. The lowest BCUT2D eigenvalue weighted by molar-refractivity contribution is -0.132. The Morgan fingerprint density at radius 1 is 1.17 bits per heavy atom. The van der Waals surface area contributed by atoms with Crippen LogP contribution in [-0.2, 0) is 4.79 Å². The van der Waals surface area contributed by atoms with Crippen LogP contribution in [0.4, 0.5) is 0 Å². The van der Waals surface area contributed by atoms with Gasteiger partial charge in [-0.3, -0.25) is 9.59 Å². The number of hydrogen-bond acceptors (Lipinski definition) is 6. The highest BCUT2D eigenvalue weighted by Crippen LogP contribution is 2.27. The number of hydrogen-bond donors (Lipinski definition) is 2. The predicted molar refractivity (Wildman–Crippen MR) is 87.5 cm³/mol. The number of carbonyl (C=O) groups is 2. The lowest BCUT2D eigenvalue weighted by Gasteiger charge is -2.08. The van der Waals surface area contributed by atoms with E-state index in [0.29, 0.717) is 17.1 Å². The fraction of sp³-hybridized carbons (Fsp3) is 0.118. The maximum absolute atomic E-state index is 11.9. The number of rotatable bonds is 5. The number of esters is 1.